The minimum atomic E-state index is -2.93. The molecular weight excluding hydrogens is 314 g/mol. The Bertz CT molecular complexity index is 476. The molecule has 0 aliphatic carbocycles. The Hall–Kier alpha value is -1.25. The quantitative estimate of drug-likeness (QED) is 0.777. The Kier molecular flexibility index (Phi) is 6.53. The molecule has 0 bridgehead atoms. The fraction of sp³-hybridized carbons (Fsp3) is 0.643. The number of carbonyl (C=O) groups excluding carboxylic acids is 1. The molecule has 1 saturated heterocycles. The molecule has 0 radical (unpaired) electrons. The monoisotopic (exact) mass is 334 g/mol. The highest BCUT2D eigenvalue weighted by atomic mass is 32.1. The zero-order valence-corrected chi connectivity index (χ0v) is 13.0. The Labute approximate surface area is 132 Å². The second-order valence-electron chi connectivity index (χ2n) is 5.00. The lowest BCUT2D eigenvalue weighted by Crippen LogP contribution is -2.40. The van der Waals surface area contributed by atoms with Gasteiger partial charge in [0.05, 0.1) is 6.10 Å². The van der Waals surface area contributed by atoms with Gasteiger partial charge >= 0.3 is 6.61 Å². The largest absolute Gasteiger partial charge is 0.433 e. The van der Waals surface area contributed by atoms with Crippen LogP contribution in [0.15, 0.2) is 11.4 Å². The van der Waals surface area contributed by atoms with E-state index in [1.165, 1.54) is 6.07 Å². The number of rotatable bonds is 7. The number of hydrogen-bond acceptors (Lipinski definition) is 5. The molecule has 2 N–H and O–H groups in total. The zero-order valence-electron chi connectivity index (χ0n) is 12.2. The first-order valence-electron chi connectivity index (χ1n) is 7.25. The van der Waals surface area contributed by atoms with Crippen LogP contribution < -0.4 is 10.5 Å². The van der Waals surface area contributed by atoms with Crippen LogP contribution in [-0.4, -0.2) is 49.8 Å². The molecule has 8 heteroatoms. The van der Waals surface area contributed by atoms with Crippen molar-refractivity contribution >= 4 is 17.2 Å². The summed E-state index contributed by atoms with van der Waals surface area (Å²) >= 11 is 1.12. The van der Waals surface area contributed by atoms with Crippen LogP contribution in [0.25, 0.3) is 0 Å². The van der Waals surface area contributed by atoms with Gasteiger partial charge in [0.25, 0.3) is 5.91 Å². The smallest absolute Gasteiger partial charge is 0.387 e. The normalized spacial score (nSPS) is 16.3. The number of alkyl halides is 2. The van der Waals surface area contributed by atoms with Crippen molar-refractivity contribution in [1.29, 1.82) is 0 Å². The van der Waals surface area contributed by atoms with E-state index < -0.39 is 6.61 Å². The number of likely N-dealkylation sites (tertiary alicyclic amines) is 1. The summed E-state index contributed by atoms with van der Waals surface area (Å²) in [5.41, 5.74) is 5.41. The van der Waals surface area contributed by atoms with E-state index in [-0.39, 0.29) is 22.6 Å². The number of hydrogen-bond donors (Lipinski definition) is 1. The third-order valence-electron chi connectivity index (χ3n) is 3.47. The molecular formula is C14H20F2N2O3S. The van der Waals surface area contributed by atoms with Gasteiger partial charge in [0.2, 0.25) is 0 Å². The number of amides is 1. The van der Waals surface area contributed by atoms with Crippen LogP contribution in [0, 0.1) is 0 Å². The van der Waals surface area contributed by atoms with Crippen LogP contribution in [0.1, 0.15) is 28.9 Å². The van der Waals surface area contributed by atoms with E-state index >= 15 is 0 Å². The Morgan fingerprint density at radius 1 is 1.45 bits per heavy atom. The summed E-state index contributed by atoms with van der Waals surface area (Å²) in [6.07, 6.45) is 2.44. The van der Waals surface area contributed by atoms with Gasteiger partial charge in [-0.25, -0.2) is 0 Å². The first-order valence-corrected chi connectivity index (χ1v) is 8.13. The number of thiophene rings is 1. The maximum Gasteiger partial charge on any atom is 0.387 e. The first kappa shape index (κ1) is 17.1. The summed E-state index contributed by atoms with van der Waals surface area (Å²) in [5.74, 6) is -0.308. The summed E-state index contributed by atoms with van der Waals surface area (Å²) in [6.45, 7) is -0.589. The van der Waals surface area contributed by atoms with Crippen molar-refractivity contribution in [2.24, 2.45) is 5.73 Å². The van der Waals surface area contributed by atoms with Crippen molar-refractivity contribution < 1.29 is 23.0 Å². The van der Waals surface area contributed by atoms with Crippen molar-refractivity contribution in [3.05, 3.63) is 16.3 Å². The lowest BCUT2D eigenvalue weighted by Gasteiger charge is -2.31. The lowest BCUT2D eigenvalue weighted by atomic mass is 10.1. The van der Waals surface area contributed by atoms with Crippen LogP contribution in [-0.2, 0) is 4.74 Å². The second kappa shape index (κ2) is 8.40. The van der Waals surface area contributed by atoms with E-state index in [1.54, 1.807) is 10.3 Å². The van der Waals surface area contributed by atoms with Gasteiger partial charge in [-0.2, -0.15) is 8.78 Å². The van der Waals surface area contributed by atoms with Gasteiger partial charge in [-0.15, -0.1) is 11.3 Å². The minimum Gasteiger partial charge on any atom is -0.433 e. The number of halogens is 2. The second-order valence-corrected chi connectivity index (χ2v) is 5.91. The van der Waals surface area contributed by atoms with Gasteiger partial charge in [0.15, 0.2) is 0 Å². The maximum atomic E-state index is 12.4. The van der Waals surface area contributed by atoms with E-state index in [1.807, 2.05) is 0 Å². The fourth-order valence-corrected chi connectivity index (χ4v) is 3.13. The zero-order chi connectivity index (χ0) is 15.9. The molecule has 1 aliphatic heterocycles. The molecule has 1 fully saturated rings. The standard InChI is InChI=1S/C14H20F2N2O3S/c15-14(16)21-11-4-9-22-12(11)13(19)18-6-2-10(3-7-18)20-8-1-5-17/h4,9-10,14H,1-3,5-8,17H2. The van der Waals surface area contributed by atoms with Crippen LogP contribution in [0.2, 0.25) is 0 Å². The predicted molar refractivity (Wildman–Crippen MR) is 79.5 cm³/mol. The molecule has 1 amide bonds. The molecule has 5 nitrogen and oxygen atoms in total. The molecule has 0 saturated carbocycles. The summed E-state index contributed by atoms with van der Waals surface area (Å²) in [6, 6.07) is 1.40. The van der Waals surface area contributed by atoms with Crippen molar-refractivity contribution in [1.82, 2.24) is 4.90 Å². The number of piperidine rings is 1. The summed E-state index contributed by atoms with van der Waals surface area (Å²) in [4.78, 5) is 14.3. The summed E-state index contributed by atoms with van der Waals surface area (Å²) in [7, 11) is 0. The van der Waals surface area contributed by atoms with Crippen molar-refractivity contribution in [3.63, 3.8) is 0 Å². The molecule has 0 aromatic carbocycles. The van der Waals surface area contributed by atoms with E-state index in [2.05, 4.69) is 4.74 Å². The van der Waals surface area contributed by atoms with E-state index in [9.17, 15) is 13.6 Å². The maximum absolute atomic E-state index is 12.4. The van der Waals surface area contributed by atoms with Crippen molar-refractivity contribution in [2.45, 2.75) is 32.0 Å². The molecule has 124 valence electrons. The van der Waals surface area contributed by atoms with Crippen LogP contribution >= 0.6 is 11.3 Å². The van der Waals surface area contributed by atoms with Crippen LogP contribution in [0.5, 0.6) is 5.75 Å². The molecule has 1 aromatic heterocycles. The van der Waals surface area contributed by atoms with Crippen LogP contribution in [0.4, 0.5) is 8.78 Å². The van der Waals surface area contributed by atoms with Gasteiger partial charge < -0.3 is 20.1 Å². The summed E-state index contributed by atoms with van der Waals surface area (Å²) in [5, 5.41) is 1.58. The summed E-state index contributed by atoms with van der Waals surface area (Å²) < 4.78 is 34.7. The predicted octanol–water partition coefficient (Wildman–Crippen LogP) is 2.32. The molecule has 1 aliphatic rings. The first-order chi connectivity index (χ1) is 10.6. The highest BCUT2D eigenvalue weighted by molar-refractivity contribution is 7.12. The lowest BCUT2D eigenvalue weighted by molar-refractivity contribution is -0.0500. The third-order valence-corrected chi connectivity index (χ3v) is 4.35. The molecule has 2 rings (SSSR count). The molecule has 0 atom stereocenters. The molecule has 1 aromatic rings. The average Bonchev–Trinajstić information content (AvgIpc) is 2.95. The average molecular weight is 334 g/mol. The van der Waals surface area contributed by atoms with Gasteiger partial charge in [-0.1, -0.05) is 0 Å². The van der Waals surface area contributed by atoms with Gasteiger partial charge in [-0.3, -0.25) is 4.79 Å². The van der Waals surface area contributed by atoms with Gasteiger partial charge in [-0.05, 0) is 37.3 Å². The molecule has 22 heavy (non-hydrogen) atoms. The van der Waals surface area contributed by atoms with E-state index in [0.29, 0.717) is 26.2 Å². The Morgan fingerprint density at radius 3 is 2.82 bits per heavy atom. The number of nitrogens with two attached hydrogens (primary N) is 1. The number of nitrogens with zero attached hydrogens (tertiary/aromatic N) is 1. The van der Waals surface area contributed by atoms with E-state index in [0.717, 1.165) is 30.6 Å². The Morgan fingerprint density at radius 2 is 2.18 bits per heavy atom. The number of carbonyl (C=O) groups is 1. The third kappa shape index (κ3) is 4.62. The fourth-order valence-electron chi connectivity index (χ4n) is 2.34. The van der Waals surface area contributed by atoms with Gasteiger partial charge in [0.1, 0.15) is 10.6 Å². The molecule has 0 spiro atoms. The molecule has 0 unspecified atom stereocenters. The van der Waals surface area contributed by atoms with E-state index in [4.69, 9.17) is 10.5 Å². The highest BCUT2D eigenvalue weighted by Crippen LogP contribution is 2.29. The Balaban J connectivity index is 1.86. The van der Waals surface area contributed by atoms with Gasteiger partial charge in [0, 0.05) is 19.7 Å². The minimum absolute atomic E-state index is 0.0497. The van der Waals surface area contributed by atoms with Crippen molar-refractivity contribution in [3.8, 4) is 5.75 Å². The highest BCUT2D eigenvalue weighted by Gasteiger charge is 2.27. The topological polar surface area (TPSA) is 64.8 Å². The number of ether oxygens (including phenoxy) is 2. The van der Waals surface area contributed by atoms with Crippen LogP contribution in [0.3, 0.4) is 0 Å². The van der Waals surface area contributed by atoms with Crippen molar-refractivity contribution in [2.75, 3.05) is 26.2 Å². The molecule has 2 heterocycles. The SMILES string of the molecule is NCCCOC1CCN(C(=O)c2sccc2OC(F)F)CC1.